The Hall–Kier alpha value is -2.40. The molecule has 0 amide bonds. The minimum absolute atomic E-state index is 0.0193. The van der Waals surface area contributed by atoms with E-state index in [1.807, 2.05) is 37.3 Å². The van der Waals surface area contributed by atoms with Crippen LogP contribution in [0.1, 0.15) is 40.7 Å². The van der Waals surface area contributed by atoms with E-state index in [0.717, 1.165) is 12.0 Å². The van der Waals surface area contributed by atoms with Gasteiger partial charge in [0, 0.05) is 11.5 Å². The van der Waals surface area contributed by atoms with Crippen LogP contribution >= 0.6 is 0 Å². The molecule has 2 aromatic rings. The predicted molar refractivity (Wildman–Crippen MR) is 75.0 cm³/mol. The van der Waals surface area contributed by atoms with E-state index in [1.165, 1.54) is 0 Å². The first kappa shape index (κ1) is 13.0. The zero-order valence-electron chi connectivity index (χ0n) is 10.8. The average Bonchev–Trinajstić information content (AvgIpc) is 2.49. The maximum absolute atomic E-state index is 12.6. The number of carbonyl (C=O) groups excluding carboxylic acids is 1. The number of nitriles is 1. The molecule has 0 bridgehead atoms. The highest BCUT2D eigenvalue weighted by Crippen LogP contribution is 2.25. The largest absolute Gasteiger partial charge is 0.293 e. The number of benzene rings is 2. The van der Waals surface area contributed by atoms with Crippen LogP contribution in [0.2, 0.25) is 0 Å². The van der Waals surface area contributed by atoms with Crippen LogP contribution in [0.5, 0.6) is 0 Å². The summed E-state index contributed by atoms with van der Waals surface area (Å²) < 4.78 is 0. The molecule has 0 aliphatic heterocycles. The van der Waals surface area contributed by atoms with E-state index >= 15 is 0 Å². The Balaban J connectivity index is 2.40. The van der Waals surface area contributed by atoms with E-state index in [0.29, 0.717) is 11.1 Å². The molecule has 0 fully saturated rings. The van der Waals surface area contributed by atoms with Gasteiger partial charge in [-0.2, -0.15) is 5.26 Å². The summed E-state index contributed by atoms with van der Waals surface area (Å²) in [4.78, 5) is 12.6. The van der Waals surface area contributed by atoms with Crippen LogP contribution in [0.25, 0.3) is 0 Å². The van der Waals surface area contributed by atoms with Crippen molar-refractivity contribution in [1.29, 1.82) is 5.26 Å². The fraction of sp³-hybridized carbons (Fsp3) is 0.176. The summed E-state index contributed by atoms with van der Waals surface area (Å²) in [6.07, 6.45) is 0.725. The quantitative estimate of drug-likeness (QED) is 0.770. The molecule has 94 valence electrons. The van der Waals surface area contributed by atoms with Crippen molar-refractivity contribution in [2.75, 3.05) is 0 Å². The van der Waals surface area contributed by atoms with Gasteiger partial charge in [0.25, 0.3) is 0 Å². The highest BCUT2D eigenvalue weighted by molar-refractivity contribution is 6.02. The number of rotatable bonds is 4. The van der Waals surface area contributed by atoms with E-state index in [1.54, 1.807) is 24.3 Å². The van der Waals surface area contributed by atoms with Gasteiger partial charge in [-0.1, -0.05) is 55.5 Å². The minimum Gasteiger partial charge on any atom is -0.293 e. The lowest BCUT2D eigenvalue weighted by Crippen LogP contribution is -2.13. The number of ketones is 1. The van der Waals surface area contributed by atoms with Crippen LogP contribution in [-0.4, -0.2) is 5.78 Å². The van der Waals surface area contributed by atoms with Crippen molar-refractivity contribution in [2.24, 2.45) is 0 Å². The van der Waals surface area contributed by atoms with Gasteiger partial charge in [0.1, 0.15) is 0 Å². The molecule has 0 saturated heterocycles. The van der Waals surface area contributed by atoms with Gasteiger partial charge >= 0.3 is 0 Å². The second-order valence-electron chi connectivity index (χ2n) is 4.39. The van der Waals surface area contributed by atoms with Crippen LogP contribution in [0.3, 0.4) is 0 Å². The lowest BCUT2D eigenvalue weighted by molar-refractivity contribution is 0.0957. The highest BCUT2D eigenvalue weighted by atomic mass is 16.1. The summed E-state index contributed by atoms with van der Waals surface area (Å²) in [5, 5.41) is 9.09. The number of carbonyl (C=O) groups is 1. The highest BCUT2D eigenvalue weighted by Gasteiger charge is 2.22. The lowest BCUT2D eigenvalue weighted by atomic mass is 9.87. The molecule has 1 unspecified atom stereocenters. The van der Waals surface area contributed by atoms with Crippen molar-refractivity contribution in [2.45, 2.75) is 19.3 Å². The Morgan fingerprint density at radius 1 is 1.11 bits per heavy atom. The molecule has 0 aliphatic rings. The van der Waals surface area contributed by atoms with Gasteiger partial charge in [-0.3, -0.25) is 4.79 Å². The number of Topliss-reactive ketones (excluding diaryl/α,β-unsaturated/α-hetero) is 1. The van der Waals surface area contributed by atoms with Gasteiger partial charge < -0.3 is 0 Å². The van der Waals surface area contributed by atoms with Gasteiger partial charge in [0.05, 0.1) is 11.6 Å². The van der Waals surface area contributed by atoms with Crippen molar-refractivity contribution in [1.82, 2.24) is 0 Å². The molecule has 0 N–H and O–H groups in total. The van der Waals surface area contributed by atoms with Crippen molar-refractivity contribution in [3.8, 4) is 6.07 Å². The van der Waals surface area contributed by atoms with Gasteiger partial charge in [-0.25, -0.2) is 0 Å². The Bertz CT molecular complexity index is 611. The van der Waals surface area contributed by atoms with E-state index < -0.39 is 0 Å². The second-order valence-corrected chi connectivity index (χ2v) is 4.39. The third-order valence-corrected chi connectivity index (χ3v) is 3.24. The molecule has 0 aromatic heterocycles. The monoisotopic (exact) mass is 249 g/mol. The minimum atomic E-state index is -0.185. The summed E-state index contributed by atoms with van der Waals surface area (Å²) in [5.41, 5.74) is 1.96. The van der Waals surface area contributed by atoms with Crippen LogP contribution in [0, 0.1) is 11.3 Å². The molecule has 0 aliphatic carbocycles. The van der Waals surface area contributed by atoms with Gasteiger partial charge in [-0.05, 0) is 18.1 Å². The summed E-state index contributed by atoms with van der Waals surface area (Å²) in [5.74, 6) is -0.165. The summed E-state index contributed by atoms with van der Waals surface area (Å²) in [7, 11) is 0. The van der Waals surface area contributed by atoms with Gasteiger partial charge in [0.15, 0.2) is 5.78 Å². The smallest absolute Gasteiger partial charge is 0.171 e. The number of hydrogen-bond donors (Lipinski definition) is 0. The maximum Gasteiger partial charge on any atom is 0.171 e. The van der Waals surface area contributed by atoms with Crippen molar-refractivity contribution in [3.63, 3.8) is 0 Å². The Labute approximate surface area is 113 Å². The van der Waals surface area contributed by atoms with Crippen molar-refractivity contribution in [3.05, 3.63) is 71.3 Å². The fourth-order valence-electron chi connectivity index (χ4n) is 2.24. The van der Waals surface area contributed by atoms with Crippen LogP contribution in [0.4, 0.5) is 0 Å². The van der Waals surface area contributed by atoms with E-state index in [4.69, 9.17) is 5.26 Å². The molecule has 2 nitrogen and oxygen atoms in total. The van der Waals surface area contributed by atoms with Crippen LogP contribution in [-0.2, 0) is 0 Å². The summed E-state index contributed by atoms with van der Waals surface area (Å²) >= 11 is 0. The molecule has 2 aromatic carbocycles. The van der Waals surface area contributed by atoms with Crippen molar-refractivity contribution >= 4 is 5.78 Å². The Kier molecular flexibility index (Phi) is 4.10. The lowest BCUT2D eigenvalue weighted by Gasteiger charge is -2.14. The second kappa shape index (κ2) is 5.97. The summed E-state index contributed by atoms with van der Waals surface area (Å²) in [6, 6.07) is 18.8. The Morgan fingerprint density at radius 3 is 2.37 bits per heavy atom. The topological polar surface area (TPSA) is 40.9 Å². The Morgan fingerprint density at radius 2 is 1.74 bits per heavy atom. The normalized spacial score (nSPS) is 11.6. The molecule has 1 atom stereocenters. The van der Waals surface area contributed by atoms with E-state index in [-0.39, 0.29) is 11.7 Å². The standard InChI is InChI=1S/C17H15NO/c1-2-15(13-8-4-3-5-9-13)17(19)16-11-7-6-10-14(16)12-18/h3-11,15H,2H2,1H3. The molecule has 0 radical (unpaired) electrons. The van der Waals surface area contributed by atoms with Crippen LogP contribution in [0.15, 0.2) is 54.6 Å². The third kappa shape index (κ3) is 2.71. The summed E-state index contributed by atoms with van der Waals surface area (Å²) in [6.45, 7) is 1.99. The van der Waals surface area contributed by atoms with E-state index in [9.17, 15) is 4.79 Å². The molecule has 0 heterocycles. The van der Waals surface area contributed by atoms with Crippen LogP contribution < -0.4 is 0 Å². The molecule has 2 heteroatoms. The molecular formula is C17H15NO. The van der Waals surface area contributed by atoms with E-state index in [2.05, 4.69) is 6.07 Å². The molecule has 0 spiro atoms. The zero-order chi connectivity index (χ0) is 13.7. The first-order chi connectivity index (χ1) is 9.27. The van der Waals surface area contributed by atoms with Gasteiger partial charge in [0.2, 0.25) is 0 Å². The third-order valence-electron chi connectivity index (χ3n) is 3.24. The molecular weight excluding hydrogens is 234 g/mol. The van der Waals surface area contributed by atoms with Crippen molar-refractivity contribution < 1.29 is 4.79 Å². The fourth-order valence-corrected chi connectivity index (χ4v) is 2.24. The number of hydrogen-bond acceptors (Lipinski definition) is 2. The zero-order valence-corrected chi connectivity index (χ0v) is 10.8. The maximum atomic E-state index is 12.6. The predicted octanol–water partition coefficient (Wildman–Crippen LogP) is 3.93. The first-order valence-corrected chi connectivity index (χ1v) is 6.36. The van der Waals surface area contributed by atoms with Gasteiger partial charge in [-0.15, -0.1) is 0 Å². The molecule has 0 saturated carbocycles. The number of nitrogens with zero attached hydrogens (tertiary/aromatic N) is 1. The average molecular weight is 249 g/mol. The molecule has 19 heavy (non-hydrogen) atoms. The SMILES string of the molecule is CCC(C(=O)c1ccccc1C#N)c1ccccc1. The molecule has 2 rings (SSSR count). The first-order valence-electron chi connectivity index (χ1n) is 6.36.